The summed E-state index contributed by atoms with van der Waals surface area (Å²) in [6.45, 7) is 4.29. The molecule has 196 valence electrons. The minimum absolute atomic E-state index is 0.150. The van der Waals surface area contributed by atoms with Crippen LogP contribution < -0.4 is 15.6 Å². The molecule has 0 saturated carbocycles. The normalized spacial score (nSPS) is 10.8. The van der Waals surface area contributed by atoms with Gasteiger partial charge in [0.2, 0.25) is 0 Å². The lowest BCUT2D eigenvalue weighted by Gasteiger charge is -2.13. The predicted molar refractivity (Wildman–Crippen MR) is 153 cm³/mol. The molecule has 39 heavy (non-hydrogen) atoms. The average Bonchev–Trinajstić information content (AvgIpc) is 3.56. The zero-order valence-corrected chi connectivity index (χ0v) is 22.4. The van der Waals surface area contributed by atoms with Crippen molar-refractivity contribution < 1.29 is 9.53 Å². The molecule has 0 fully saturated rings. The van der Waals surface area contributed by atoms with Gasteiger partial charge >= 0.3 is 0 Å². The van der Waals surface area contributed by atoms with Crippen LogP contribution in [0.5, 0.6) is 5.75 Å². The fourth-order valence-electron chi connectivity index (χ4n) is 4.08. The summed E-state index contributed by atoms with van der Waals surface area (Å²) in [5.74, 6) is 0.295. The lowest BCUT2D eigenvalue weighted by Crippen LogP contribution is -2.25. The number of benzene rings is 1. The summed E-state index contributed by atoms with van der Waals surface area (Å²) in [6, 6.07) is 17.7. The summed E-state index contributed by atoms with van der Waals surface area (Å²) in [6.07, 6.45) is 4.53. The van der Waals surface area contributed by atoms with E-state index in [0.29, 0.717) is 50.7 Å². The van der Waals surface area contributed by atoms with Gasteiger partial charge in [0.25, 0.3) is 11.5 Å². The Bertz CT molecular complexity index is 1700. The Labute approximate surface area is 233 Å². The van der Waals surface area contributed by atoms with E-state index < -0.39 is 0 Å². The molecule has 0 aliphatic heterocycles. The number of aromatic nitrogens is 5. The Morgan fingerprint density at radius 3 is 2.64 bits per heavy atom. The molecule has 1 aromatic carbocycles. The molecule has 0 aliphatic rings. The number of hydrogen-bond donors (Lipinski definition) is 1. The topological polar surface area (TPSA) is 104 Å². The number of hydrogen-bond acceptors (Lipinski definition) is 8. The molecular formula is C28H23ClN6O3S. The first-order valence-corrected chi connectivity index (χ1v) is 13.1. The summed E-state index contributed by atoms with van der Waals surface area (Å²) in [5, 5.41) is 7.97. The number of nitrogens with one attached hydrogen (secondary N) is 1. The molecule has 4 heterocycles. The number of anilines is 1. The molecule has 0 radical (unpaired) electrons. The molecule has 0 spiro atoms. The van der Waals surface area contributed by atoms with E-state index in [9.17, 15) is 9.59 Å². The molecular weight excluding hydrogens is 536 g/mol. The van der Waals surface area contributed by atoms with Gasteiger partial charge < -0.3 is 10.1 Å². The van der Waals surface area contributed by atoms with Gasteiger partial charge in [-0.1, -0.05) is 42.5 Å². The van der Waals surface area contributed by atoms with Gasteiger partial charge in [-0.05, 0) is 42.5 Å². The lowest BCUT2D eigenvalue weighted by molar-refractivity contribution is 0.0947. The van der Waals surface area contributed by atoms with Crippen molar-refractivity contribution in [1.82, 2.24) is 24.3 Å². The van der Waals surface area contributed by atoms with Crippen LogP contribution in [0.4, 0.5) is 5.82 Å². The molecule has 11 heteroatoms. The van der Waals surface area contributed by atoms with Gasteiger partial charge in [0, 0.05) is 22.2 Å². The zero-order chi connectivity index (χ0) is 27.4. The second kappa shape index (κ2) is 11.5. The summed E-state index contributed by atoms with van der Waals surface area (Å²) >= 11 is 7.54. The zero-order valence-electron chi connectivity index (χ0n) is 20.9. The van der Waals surface area contributed by atoms with E-state index in [0.717, 1.165) is 4.88 Å². The third-order valence-corrected chi connectivity index (χ3v) is 7.18. The minimum Gasteiger partial charge on any atom is -0.491 e. The van der Waals surface area contributed by atoms with Gasteiger partial charge in [-0.15, -0.1) is 11.3 Å². The van der Waals surface area contributed by atoms with Crippen molar-refractivity contribution >= 4 is 40.7 Å². The second-order valence-corrected chi connectivity index (χ2v) is 10.1. The number of thiophene rings is 1. The highest BCUT2D eigenvalue weighted by molar-refractivity contribution is 7.16. The summed E-state index contributed by atoms with van der Waals surface area (Å²) in [4.78, 5) is 36.3. The standard InChI is InChI=1S/C28H23ClN6O3S/c1-3-18-9-11-22(34(27(18)36)16-20-13-14-30-17-32-20)24-25(38-2)26(31-15-21-10-12-23(29)39-21)35(33-24)28(37)19-7-5-4-6-8-19/h3-14,17,31H,1,15-16H2,2H3. The molecule has 5 rings (SSSR count). The van der Waals surface area contributed by atoms with Crippen LogP contribution in [0.15, 0.2) is 84.6 Å². The van der Waals surface area contributed by atoms with E-state index >= 15 is 0 Å². The molecule has 0 saturated heterocycles. The Morgan fingerprint density at radius 2 is 1.97 bits per heavy atom. The van der Waals surface area contributed by atoms with Crippen LogP contribution in [-0.2, 0) is 13.1 Å². The van der Waals surface area contributed by atoms with E-state index in [4.69, 9.17) is 16.3 Å². The Morgan fingerprint density at radius 1 is 1.15 bits per heavy atom. The molecule has 0 bridgehead atoms. The van der Waals surface area contributed by atoms with E-state index in [1.54, 1.807) is 48.7 Å². The molecule has 9 nitrogen and oxygen atoms in total. The minimum atomic E-state index is -0.362. The van der Waals surface area contributed by atoms with Crippen molar-refractivity contribution in [3.05, 3.63) is 116 Å². The number of methoxy groups -OCH3 is 1. The first-order valence-electron chi connectivity index (χ1n) is 11.9. The predicted octanol–water partition coefficient (Wildman–Crippen LogP) is 5.22. The van der Waals surface area contributed by atoms with Gasteiger partial charge in [-0.25, -0.2) is 9.97 Å². The number of nitrogens with zero attached hydrogens (tertiary/aromatic N) is 5. The molecule has 0 amide bonds. The first kappa shape index (κ1) is 26.1. The Hall–Kier alpha value is -4.54. The molecule has 4 aromatic heterocycles. The maximum atomic E-state index is 13.6. The van der Waals surface area contributed by atoms with Crippen LogP contribution in [0.3, 0.4) is 0 Å². The smallest absolute Gasteiger partial charge is 0.280 e. The van der Waals surface area contributed by atoms with Gasteiger partial charge in [0.1, 0.15) is 6.33 Å². The molecule has 1 N–H and O–H groups in total. The van der Waals surface area contributed by atoms with Crippen molar-refractivity contribution in [3.8, 4) is 17.1 Å². The first-order chi connectivity index (χ1) is 19.0. The molecule has 5 aromatic rings. The maximum Gasteiger partial charge on any atom is 0.280 e. The average molecular weight is 559 g/mol. The monoisotopic (exact) mass is 558 g/mol. The molecule has 0 atom stereocenters. The van der Waals surface area contributed by atoms with E-state index in [1.807, 2.05) is 18.2 Å². The van der Waals surface area contributed by atoms with Crippen molar-refractivity contribution in [2.45, 2.75) is 13.1 Å². The SMILES string of the molecule is C=Cc1ccc(-c2nn(C(=O)c3ccccc3)c(NCc3ccc(Cl)s3)c2OC)n(Cc2ccncn2)c1=O. The van der Waals surface area contributed by atoms with Crippen LogP contribution in [0.2, 0.25) is 4.34 Å². The number of pyridine rings is 1. The van der Waals surface area contributed by atoms with Gasteiger partial charge in [-0.2, -0.15) is 9.78 Å². The Kier molecular flexibility index (Phi) is 7.67. The van der Waals surface area contributed by atoms with E-state index in [2.05, 4.69) is 27.0 Å². The van der Waals surface area contributed by atoms with Crippen LogP contribution in [0.1, 0.15) is 26.5 Å². The largest absolute Gasteiger partial charge is 0.491 e. The fraction of sp³-hybridized carbons (Fsp3) is 0.107. The quantitative estimate of drug-likeness (QED) is 0.264. The number of rotatable bonds is 9. The van der Waals surface area contributed by atoms with Crippen molar-refractivity contribution in [2.75, 3.05) is 12.4 Å². The Balaban J connectivity index is 1.68. The number of ether oxygens (including phenoxy) is 1. The van der Waals surface area contributed by atoms with Gasteiger partial charge in [-0.3, -0.25) is 14.2 Å². The second-order valence-electron chi connectivity index (χ2n) is 8.34. The maximum absolute atomic E-state index is 13.6. The number of carbonyl (C=O) groups is 1. The van der Waals surface area contributed by atoms with Crippen molar-refractivity contribution in [3.63, 3.8) is 0 Å². The summed E-state index contributed by atoms with van der Waals surface area (Å²) in [7, 11) is 1.50. The van der Waals surface area contributed by atoms with Crippen LogP contribution >= 0.6 is 22.9 Å². The third-order valence-electron chi connectivity index (χ3n) is 5.95. The van der Waals surface area contributed by atoms with Crippen molar-refractivity contribution in [1.29, 1.82) is 0 Å². The number of carbonyl (C=O) groups excluding carboxylic acids is 1. The third kappa shape index (κ3) is 5.38. The van der Waals surface area contributed by atoms with Crippen molar-refractivity contribution in [2.24, 2.45) is 0 Å². The highest BCUT2D eigenvalue weighted by Crippen LogP contribution is 2.37. The molecule has 0 aliphatic carbocycles. The fourth-order valence-corrected chi connectivity index (χ4v) is 5.10. The summed E-state index contributed by atoms with van der Waals surface area (Å²) in [5.41, 5.74) is 1.96. The van der Waals surface area contributed by atoms with Gasteiger partial charge in [0.05, 0.1) is 35.9 Å². The summed E-state index contributed by atoms with van der Waals surface area (Å²) < 4.78 is 9.26. The van der Waals surface area contributed by atoms with Crippen LogP contribution in [-0.4, -0.2) is 37.3 Å². The van der Waals surface area contributed by atoms with E-state index in [-0.39, 0.29) is 18.0 Å². The highest BCUT2D eigenvalue weighted by atomic mass is 35.5. The van der Waals surface area contributed by atoms with Gasteiger partial charge in [0.15, 0.2) is 17.3 Å². The van der Waals surface area contributed by atoms with E-state index in [1.165, 1.54) is 40.1 Å². The molecule has 0 unspecified atom stereocenters. The van der Waals surface area contributed by atoms with Crippen LogP contribution in [0, 0.1) is 0 Å². The lowest BCUT2D eigenvalue weighted by atomic mass is 10.1. The number of halogens is 1. The van der Waals surface area contributed by atoms with Crippen LogP contribution in [0.25, 0.3) is 17.5 Å². The highest BCUT2D eigenvalue weighted by Gasteiger charge is 2.27.